The largest absolute Gasteiger partial charge is 0.359 e. The highest BCUT2D eigenvalue weighted by atomic mass is 16.2. The van der Waals surface area contributed by atoms with Crippen molar-refractivity contribution in [2.45, 2.75) is 52.5 Å². The molecule has 0 fully saturated rings. The van der Waals surface area contributed by atoms with Crippen LogP contribution >= 0.6 is 0 Å². The zero-order chi connectivity index (χ0) is 17.8. The second-order valence-electron chi connectivity index (χ2n) is 6.85. The van der Waals surface area contributed by atoms with Gasteiger partial charge in [-0.1, -0.05) is 50.2 Å². The summed E-state index contributed by atoms with van der Waals surface area (Å²) in [6.07, 6.45) is 4.03. The first kappa shape index (κ1) is 17.5. The molecule has 3 heteroatoms. The highest BCUT2D eigenvalue weighted by Gasteiger charge is 2.24. The van der Waals surface area contributed by atoms with Crippen molar-refractivity contribution in [3.8, 4) is 0 Å². The number of benzene rings is 2. The van der Waals surface area contributed by atoms with Crippen LogP contribution in [0.1, 0.15) is 43.9 Å². The number of nitrogens with one attached hydrogen (secondary N) is 1. The molecule has 0 radical (unpaired) electrons. The van der Waals surface area contributed by atoms with Crippen LogP contribution in [0, 0.1) is 0 Å². The molecule has 2 aromatic carbocycles. The molecule has 1 aliphatic rings. The van der Waals surface area contributed by atoms with E-state index in [4.69, 9.17) is 0 Å². The Labute approximate surface area is 151 Å². The van der Waals surface area contributed by atoms with Crippen molar-refractivity contribution in [1.29, 1.82) is 0 Å². The number of aryl methyl sites for hydroxylation is 3. The van der Waals surface area contributed by atoms with Crippen LogP contribution < -0.4 is 10.2 Å². The van der Waals surface area contributed by atoms with Crippen molar-refractivity contribution in [3.63, 3.8) is 0 Å². The van der Waals surface area contributed by atoms with Crippen LogP contribution in [-0.4, -0.2) is 18.5 Å². The summed E-state index contributed by atoms with van der Waals surface area (Å²) in [5, 5.41) is 3.20. The molecule has 3 rings (SSSR count). The zero-order valence-electron chi connectivity index (χ0n) is 15.5. The number of nitrogens with zero attached hydrogens (tertiary/aromatic N) is 1. The summed E-state index contributed by atoms with van der Waals surface area (Å²) in [5.41, 5.74) is 5.97. The summed E-state index contributed by atoms with van der Waals surface area (Å²) in [6.45, 7) is 6.88. The molecular formula is C22H28N2O. The van der Waals surface area contributed by atoms with Crippen LogP contribution in [0.15, 0.2) is 42.5 Å². The summed E-state index contributed by atoms with van der Waals surface area (Å²) in [4.78, 5) is 15.1. The average Bonchev–Trinajstić information content (AvgIpc) is 2.64. The third kappa shape index (κ3) is 3.71. The SMILES string of the molecule is CCc1cccc(CC)c1NC(=O)CN1c2ccccc2CC[C@@H]1C. The van der Waals surface area contributed by atoms with E-state index < -0.39 is 0 Å². The monoisotopic (exact) mass is 336 g/mol. The smallest absolute Gasteiger partial charge is 0.243 e. The topological polar surface area (TPSA) is 32.3 Å². The molecule has 0 bridgehead atoms. The van der Waals surface area contributed by atoms with Crippen molar-refractivity contribution in [3.05, 3.63) is 59.2 Å². The quantitative estimate of drug-likeness (QED) is 0.866. The Morgan fingerprint density at radius 2 is 1.76 bits per heavy atom. The maximum absolute atomic E-state index is 12.8. The molecule has 3 nitrogen and oxygen atoms in total. The van der Waals surface area contributed by atoms with Gasteiger partial charge in [-0.2, -0.15) is 0 Å². The molecule has 0 saturated carbocycles. The van der Waals surface area contributed by atoms with E-state index in [0.29, 0.717) is 12.6 Å². The van der Waals surface area contributed by atoms with E-state index in [2.05, 4.69) is 73.5 Å². The maximum Gasteiger partial charge on any atom is 0.243 e. The van der Waals surface area contributed by atoms with Crippen molar-refractivity contribution >= 4 is 17.3 Å². The van der Waals surface area contributed by atoms with Crippen molar-refractivity contribution in [2.24, 2.45) is 0 Å². The number of amides is 1. The summed E-state index contributed by atoms with van der Waals surface area (Å²) in [7, 11) is 0. The van der Waals surface area contributed by atoms with Gasteiger partial charge in [-0.15, -0.1) is 0 Å². The van der Waals surface area contributed by atoms with Gasteiger partial charge < -0.3 is 10.2 Å². The molecule has 1 N–H and O–H groups in total. The summed E-state index contributed by atoms with van der Waals surface area (Å²) in [6, 6.07) is 15.1. The number of para-hydroxylation sites is 2. The highest BCUT2D eigenvalue weighted by molar-refractivity contribution is 5.95. The van der Waals surface area contributed by atoms with Crippen molar-refractivity contribution in [2.75, 3.05) is 16.8 Å². The number of rotatable bonds is 5. The third-order valence-electron chi connectivity index (χ3n) is 5.24. The number of anilines is 2. The minimum Gasteiger partial charge on any atom is -0.359 e. The van der Waals surface area contributed by atoms with Crippen LogP contribution in [0.5, 0.6) is 0 Å². The van der Waals surface area contributed by atoms with Gasteiger partial charge in [0, 0.05) is 17.4 Å². The molecule has 132 valence electrons. The molecule has 1 heterocycles. The fourth-order valence-corrected chi connectivity index (χ4v) is 3.74. The number of carbonyl (C=O) groups is 1. The Morgan fingerprint density at radius 3 is 2.44 bits per heavy atom. The Hall–Kier alpha value is -2.29. The molecular weight excluding hydrogens is 308 g/mol. The molecule has 0 saturated heterocycles. The van der Waals surface area contributed by atoms with Gasteiger partial charge in [0.1, 0.15) is 0 Å². The van der Waals surface area contributed by atoms with Crippen LogP contribution in [0.4, 0.5) is 11.4 Å². The van der Waals surface area contributed by atoms with Crippen molar-refractivity contribution < 1.29 is 4.79 Å². The van der Waals surface area contributed by atoms with E-state index in [1.807, 2.05) is 0 Å². The van der Waals surface area contributed by atoms with Crippen LogP contribution in [0.2, 0.25) is 0 Å². The van der Waals surface area contributed by atoms with Crippen LogP contribution in [-0.2, 0) is 24.1 Å². The summed E-state index contributed by atoms with van der Waals surface area (Å²) >= 11 is 0. The fraction of sp³-hybridized carbons (Fsp3) is 0.409. The molecule has 2 aromatic rings. The van der Waals surface area contributed by atoms with Gasteiger partial charge in [-0.3, -0.25) is 4.79 Å². The molecule has 1 atom stereocenters. The highest BCUT2D eigenvalue weighted by Crippen LogP contribution is 2.30. The normalized spacial score (nSPS) is 16.4. The molecule has 25 heavy (non-hydrogen) atoms. The maximum atomic E-state index is 12.8. The van der Waals surface area contributed by atoms with E-state index >= 15 is 0 Å². The van der Waals surface area contributed by atoms with Gasteiger partial charge in [0.2, 0.25) is 5.91 Å². The van der Waals surface area contributed by atoms with Gasteiger partial charge in [0.15, 0.2) is 0 Å². The predicted octanol–water partition coefficient (Wildman–Crippen LogP) is 4.59. The zero-order valence-corrected chi connectivity index (χ0v) is 15.5. The first-order chi connectivity index (χ1) is 12.1. The first-order valence-electron chi connectivity index (χ1n) is 9.39. The lowest BCUT2D eigenvalue weighted by molar-refractivity contribution is -0.115. The number of carbonyl (C=O) groups excluding carboxylic acids is 1. The van der Waals surface area contributed by atoms with Gasteiger partial charge in [0.05, 0.1) is 6.54 Å². The molecule has 0 spiro atoms. The third-order valence-corrected chi connectivity index (χ3v) is 5.24. The van der Waals surface area contributed by atoms with E-state index in [1.54, 1.807) is 0 Å². The molecule has 1 amide bonds. The van der Waals surface area contributed by atoms with E-state index in [9.17, 15) is 4.79 Å². The molecule has 1 aliphatic heterocycles. The molecule has 0 aliphatic carbocycles. The first-order valence-corrected chi connectivity index (χ1v) is 9.39. The number of hydrogen-bond donors (Lipinski definition) is 1. The van der Waals surface area contributed by atoms with Crippen molar-refractivity contribution in [1.82, 2.24) is 0 Å². The van der Waals surface area contributed by atoms with E-state index in [1.165, 1.54) is 22.4 Å². The Bertz CT molecular complexity index is 731. The second kappa shape index (κ2) is 7.73. The minimum atomic E-state index is 0.0687. The molecule has 0 aromatic heterocycles. The Balaban J connectivity index is 1.80. The van der Waals surface area contributed by atoms with E-state index in [-0.39, 0.29) is 5.91 Å². The van der Waals surface area contributed by atoms with Gasteiger partial charge >= 0.3 is 0 Å². The van der Waals surface area contributed by atoms with Gasteiger partial charge in [0.25, 0.3) is 0 Å². The average molecular weight is 336 g/mol. The Kier molecular flexibility index (Phi) is 5.42. The predicted molar refractivity (Wildman–Crippen MR) is 105 cm³/mol. The number of hydrogen-bond acceptors (Lipinski definition) is 2. The summed E-state index contributed by atoms with van der Waals surface area (Å²) < 4.78 is 0. The number of fused-ring (bicyclic) bond motifs is 1. The minimum absolute atomic E-state index is 0.0687. The lowest BCUT2D eigenvalue weighted by Gasteiger charge is -2.36. The van der Waals surface area contributed by atoms with Crippen LogP contribution in [0.3, 0.4) is 0 Å². The van der Waals surface area contributed by atoms with Gasteiger partial charge in [-0.05, 0) is 55.4 Å². The Morgan fingerprint density at radius 1 is 1.08 bits per heavy atom. The lowest BCUT2D eigenvalue weighted by Crippen LogP contribution is -2.42. The molecule has 0 unspecified atom stereocenters. The second-order valence-corrected chi connectivity index (χ2v) is 6.85. The fourth-order valence-electron chi connectivity index (χ4n) is 3.74. The van der Waals surface area contributed by atoms with Crippen LogP contribution in [0.25, 0.3) is 0 Å². The standard InChI is InChI=1S/C22H28N2O/c1-4-17-10-8-11-18(5-2)22(17)23-21(25)15-24-16(3)13-14-19-9-6-7-12-20(19)24/h6-12,16H,4-5,13-15H2,1-3H3,(H,23,25)/t16-/m0/s1. The van der Waals surface area contributed by atoms with E-state index in [0.717, 1.165) is 31.4 Å². The van der Waals surface area contributed by atoms with Gasteiger partial charge in [-0.25, -0.2) is 0 Å². The summed E-state index contributed by atoms with van der Waals surface area (Å²) in [5.74, 6) is 0.0687. The lowest BCUT2D eigenvalue weighted by atomic mass is 9.96.